The molecular formula is C12H23N3O. The maximum atomic E-state index is 11.9. The highest BCUT2D eigenvalue weighted by molar-refractivity contribution is 5.77. The smallest absolute Gasteiger partial charge is 0.318 e. The van der Waals surface area contributed by atoms with Gasteiger partial charge in [-0.2, -0.15) is 0 Å². The highest BCUT2D eigenvalue weighted by Crippen LogP contribution is 2.23. The molecule has 0 radical (unpaired) electrons. The molecule has 1 unspecified atom stereocenters. The Labute approximate surface area is 97.8 Å². The van der Waals surface area contributed by atoms with Gasteiger partial charge in [-0.15, -0.1) is 0 Å². The Balaban J connectivity index is 1.90. The Bertz CT molecular complexity index is 236. The normalized spacial score (nSPS) is 27.9. The second kappa shape index (κ2) is 5.53. The largest absolute Gasteiger partial charge is 0.332 e. The Morgan fingerprint density at radius 2 is 2.00 bits per heavy atom. The molecule has 0 aromatic heterocycles. The van der Waals surface area contributed by atoms with Crippen molar-refractivity contribution < 1.29 is 4.79 Å². The molecule has 0 bridgehead atoms. The standard InChI is InChI=1S/C12H23N3O/c1-13-8-10-9-15(12(16)14-10)11-6-4-2-3-5-7-11/h10-11,13H,2-9H2,1H3,(H,14,16). The van der Waals surface area contributed by atoms with E-state index in [1.807, 2.05) is 7.05 Å². The van der Waals surface area contributed by atoms with Crippen molar-refractivity contribution in [2.75, 3.05) is 20.1 Å². The van der Waals surface area contributed by atoms with Gasteiger partial charge in [0, 0.05) is 19.1 Å². The molecule has 2 rings (SSSR count). The lowest BCUT2D eigenvalue weighted by atomic mass is 10.1. The van der Waals surface area contributed by atoms with Crippen LogP contribution in [0.4, 0.5) is 4.79 Å². The molecule has 2 amide bonds. The van der Waals surface area contributed by atoms with Crippen LogP contribution in [0.15, 0.2) is 0 Å². The second-order valence-electron chi connectivity index (χ2n) is 5.00. The van der Waals surface area contributed by atoms with E-state index in [0.29, 0.717) is 12.1 Å². The van der Waals surface area contributed by atoms with Crippen molar-refractivity contribution in [3.63, 3.8) is 0 Å². The molecule has 0 spiro atoms. The molecule has 2 N–H and O–H groups in total. The summed E-state index contributed by atoms with van der Waals surface area (Å²) in [5, 5.41) is 6.17. The summed E-state index contributed by atoms with van der Waals surface area (Å²) in [6, 6.07) is 0.928. The van der Waals surface area contributed by atoms with E-state index in [9.17, 15) is 4.79 Å². The molecule has 4 heteroatoms. The van der Waals surface area contributed by atoms with Gasteiger partial charge in [0.2, 0.25) is 0 Å². The zero-order valence-corrected chi connectivity index (χ0v) is 10.2. The van der Waals surface area contributed by atoms with E-state index in [1.165, 1.54) is 38.5 Å². The number of hydrogen-bond acceptors (Lipinski definition) is 2. The van der Waals surface area contributed by atoms with Crippen LogP contribution < -0.4 is 10.6 Å². The predicted octanol–water partition coefficient (Wildman–Crippen LogP) is 1.32. The summed E-state index contributed by atoms with van der Waals surface area (Å²) < 4.78 is 0. The van der Waals surface area contributed by atoms with Crippen LogP contribution in [-0.4, -0.2) is 43.2 Å². The Hall–Kier alpha value is -0.770. The van der Waals surface area contributed by atoms with Crippen molar-refractivity contribution in [2.24, 2.45) is 0 Å². The monoisotopic (exact) mass is 225 g/mol. The van der Waals surface area contributed by atoms with Crippen LogP contribution in [0.3, 0.4) is 0 Å². The molecule has 92 valence electrons. The molecular weight excluding hydrogens is 202 g/mol. The summed E-state index contributed by atoms with van der Waals surface area (Å²) in [5.74, 6) is 0. The molecule has 1 atom stereocenters. The first-order valence-corrected chi connectivity index (χ1v) is 6.53. The maximum absolute atomic E-state index is 11.9. The summed E-state index contributed by atoms with van der Waals surface area (Å²) in [6.45, 7) is 1.75. The fraction of sp³-hybridized carbons (Fsp3) is 0.917. The van der Waals surface area contributed by atoms with Gasteiger partial charge in [0.25, 0.3) is 0 Å². The number of hydrogen-bond donors (Lipinski definition) is 2. The van der Waals surface area contributed by atoms with Crippen LogP contribution in [0.2, 0.25) is 0 Å². The average Bonchev–Trinajstić information content (AvgIpc) is 2.52. The van der Waals surface area contributed by atoms with Gasteiger partial charge in [0.1, 0.15) is 0 Å². The zero-order valence-electron chi connectivity index (χ0n) is 10.2. The number of nitrogens with zero attached hydrogens (tertiary/aromatic N) is 1. The highest BCUT2D eigenvalue weighted by Gasteiger charge is 2.33. The van der Waals surface area contributed by atoms with Crippen molar-refractivity contribution >= 4 is 6.03 Å². The van der Waals surface area contributed by atoms with E-state index in [0.717, 1.165) is 13.1 Å². The van der Waals surface area contributed by atoms with Gasteiger partial charge in [-0.3, -0.25) is 0 Å². The molecule has 0 aromatic carbocycles. The number of carbonyl (C=O) groups is 1. The average molecular weight is 225 g/mol. The van der Waals surface area contributed by atoms with Gasteiger partial charge in [-0.05, 0) is 19.9 Å². The van der Waals surface area contributed by atoms with Crippen molar-refractivity contribution in [3.8, 4) is 0 Å². The topological polar surface area (TPSA) is 44.4 Å². The number of nitrogens with one attached hydrogen (secondary N) is 2. The van der Waals surface area contributed by atoms with Crippen LogP contribution >= 0.6 is 0 Å². The summed E-state index contributed by atoms with van der Waals surface area (Å²) in [6.07, 6.45) is 7.63. The van der Waals surface area contributed by atoms with E-state index in [-0.39, 0.29) is 6.03 Å². The Morgan fingerprint density at radius 1 is 1.31 bits per heavy atom. The lowest BCUT2D eigenvalue weighted by Gasteiger charge is -2.25. The molecule has 1 heterocycles. The fourth-order valence-corrected chi connectivity index (χ4v) is 2.87. The van der Waals surface area contributed by atoms with Gasteiger partial charge in [-0.25, -0.2) is 4.79 Å². The van der Waals surface area contributed by atoms with Gasteiger partial charge in [0.15, 0.2) is 0 Å². The third-order valence-electron chi connectivity index (χ3n) is 3.72. The third-order valence-corrected chi connectivity index (χ3v) is 3.72. The molecule has 16 heavy (non-hydrogen) atoms. The summed E-state index contributed by atoms with van der Waals surface area (Å²) in [4.78, 5) is 13.9. The minimum Gasteiger partial charge on any atom is -0.332 e. The van der Waals surface area contributed by atoms with E-state index >= 15 is 0 Å². The predicted molar refractivity (Wildman–Crippen MR) is 64.4 cm³/mol. The Morgan fingerprint density at radius 3 is 2.62 bits per heavy atom. The number of carbonyl (C=O) groups excluding carboxylic acids is 1. The van der Waals surface area contributed by atoms with Crippen molar-refractivity contribution in [3.05, 3.63) is 0 Å². The van der Waals surface area contributed by atoms with Gasteiger partial charge < -0.3 is 15.5 Å². The highest BCUT2D eigenvalue weighted by atomic mass is 16.2. The first-order chi connectivity index (χ1) is 7.81. The quantitative estimate of drug-likeness (QED) is 0.712. The van der Waals surface area contributed by atoms with Crippen LogP contribution in [0, 0.1) is 0 Å². The zero-order chi connectivity index (χ0) is 11.4. The van der Waals surface area contributed by atoms with Gasteiger partial charge >= 0.3 is 6.03 Å². The molecule has 1 aliphatic heterocycles. The lowest BCUT2D eigenvalue weighted by Crippen LogP contribution is -2.37. The third kappa shape index (κ3) is 2.67. The fourth-order valence-electron chi connectivity index (χ4n) is 2.87. The van der Waals surface area contributed by atoms with Gasteiger partial charge in [-0.1, -0.05) is 25.7 Å². The molecule has 1 saturated carbocycles. The Kier molecular flexibility index (Phi) is 4.04. The maximum Gasteiger partial charge on any atom is 0.318 e. The summed E-state index contributed by atoms with van der Waals surface area (Å²) >= 11 is 0. The molecule has 2 fully saturated rings. The van der Waals surface area contributed by atoms with Crippen molar-refractivity contribution in [1.29, 1.82) is 0 Å². The van der Waals surface area contributed by atoms with Crippen LogP contribution in [-0.2, 0) is 0 Å². The molecule has 1 saturated heterocycles. The molecule has 2 aliphatic rings. The lowest BCUT2D eigenvalue weighted by molar-refractivity contribution is 0.190. The second-order valence-corrected chi connectivity index (χ2v) is 5.00. The number of amides is 2. The van der Waals surface area contributed by atoms with E-state index in [4.69, 9.17) is 0 Å². The number of likely N-dealkylation sites (N-methyl/N-ethyl adjacent to an activating group) is 1. The summed E-state index contributed by atoms with van der Waals surface area (Å²) in [7, 11) is 1.93. The van der Waals surface area contributed by atoms with Crippen LogP contribution in [0.5, 0.6) is 0 Å². The van der Waals surface area contributed by atoms with E-state index in [1.54, 1.807) is 0 Å². The SMILES string of the molecule is CNCC1CN(C2CCCCCC2)C(=O)N1. The first kappa shape index (κ1) is 11.7. The molecule has 1 aliphatic carbocycles. The van der Waals surface area contributed by atoms with E-state index in [2.05, 4.69) is 15.5 Å². The minimum absolute atomic E-state index is 0.146. The summed E-state index contributed by atoms with van der Waals surface area (Å²) in [5.41, 5.74) is 0. The van der Waals surface area contributed by atoms with Crippen LogP contribution in [0.25, 0.3) is 0 Å². The number of urea groups is 1. The van der Waals surface area contributed by atoms with E-state index < -0.39 is 0 Å². The minimum atomic E-state index is 0.146. The molecule has 4 nitrogen and oxygen atoms in total. The first-order valence-electron chi connectivity index (χ1n) is 6.53. The van der Waals surface area contributed by atoms with Crippen LogP contribution in [0.1, 0.15) is 38.5 Å². The van der Waals surface area contributed by atoms with Crippen molar-refractivity contribution in [1.82, 2.24) is 15.5 Å². The molecule has 0 aromatic rings. The number of rotatable bonds is 3. The van der Waals surface area contributed by atoms with Gasteiger partial charge in [0.05, 0.1) is 6.04 Å². The van der Waals surface area contributed by atoms with Crippen molar-refractivity contribution in [2.45, 2.75) is 50.6 Å².